The maximum atomic E-state index is 14.7. The van der Waals surface area contributed by atoms with Crippen molar-refractivity contribution in [1.29, 1.82) is 0 Å². The Morgan fingerprint density at radius 2 is 1.79 bits per heavy atom. The Hall–Kier alpha value is -2.55. The number of halogens is 3. The van der Waals surface area contributed by atoms with Crippen molar-refractivity contribution in [1.82, 2.24) is 9.47 Å². The fraction of sp³-hybridized carbons (Fsp3) is 0.440. The number of fused-ring (bicyclic) bond motifs is 1. The number of alkyl halides is 3. The molecule has 3 aromatic rings. The number of nitrogens with zero attached hydrogens (tertiary/aromatic N) is 2. The van der Waals surface area contributed by atoms with Gasteiger partial charge in [-0.3, -0.25) is 0 Å². The second-order valence-corrected chi connectivity index (χ2v) is 8.54. The van der Waals surface area contributed by atoms with E-state index in [0.717, 1.165) is 41.6 Å². The molecule has 8 heteroatoms. The van der Waals surface area contributed by atoms with Crippen LogP contribution < -0.4 is 5.32 Å². The van der Waals surface area contributed by atoms with Crippen LogP contribution >= 0.6 is 0 Å². The lowest BCUT2D eigenvalue weighted by atomic mass is 10.0. The molecule has 1 aliphatic heterocycles. The molecule has 0 amide bonds. The fourth-order valence-electron chi connectivity index (χ4n) is 4.61. The minimum Gasteiger partial charge on any atom is -0.389 e. The minimum absolute atomic E-state index is 0.200. The number of methoxy groups -OCH3 is 1. The van der Waals surface area contributed by atoms with Crippen molar-refractivity contribution in [3.8, 4) is 11.3 Å². The number of hydrogen-bond acceptors (Lipinski definition) is 4. The Balaban J connectivity index is 1.57. The number of rotatable bonds is 9. The monoisotopic (exact) mass is 461 g/mol. The first kappa shape index (κ1) is 23.6. The first-order valence-corrected chi connectivity index (χ1v) is 11.3. The van der Waals surface area contributed by atoms with Gasteiger partial charge in [-0.2, -0.15) is 0 Å². The summed E-state index contributed by atoms with van der Waals surface area (Å²) in [5.74, 6) is 0. The van der Waals surface area contributed by atoms with Crippen LogP contribution in [0.25, 0.3) is 22.2 Å². The molecule has 0 saturated carbocycles. The highest BCUT2D eigenvalue weighted by Gasteiger charge is 2.27. The third kappa shape index (κ3) is 5.34. The molecule has 0 radical (unpaired) electrons. The molecule has 178 valence electrons. The largest absolute Gasteiger partial charge is 0.389 e. The van der Waals surface area contributed by atoms with Gasteiger partial charge in [0.05, 0.1) is 23.9 Å². The normalized spacial score (nSPS) is 17.5. The van der Waals surface area contributed by atoms with E-state index in [1.165, 1.54) is 0 Å². The predicted molar refractivity (Wildman–Crippen MR) is 124 cm³/mol. The second-order valence-electron chi connectivity index (χ2n) is 8.54. The quantitative estimate of drug-likeness (QED) is 0.475. The zero-order chi connectivity index (χ0) is 23.4. The van der Waals surface area contributed by atoms with Gasteiger partial charge in [0.1, 0.15) is 0 Å². The fourth-order valence-corrected chi connectivity index (χ4v) is 4.61. The van der Waals surface area contributed by atoms with Crippen LogP contribution in [-0.4, -0.2) is 66.5 Å². The summed E-state index contributed by atoms with van der Waals surface area (Å²) in [6.07, 6.45) is -4.31. The second kappa shape index (κ2) is 10.6. The van der Waals surface area contributed by atoms with Crippen molar-refractivity contribution >= 4 is 16.6 Å². The lowest BCUT2D eigenvalue weighted by molar-refractivity contribution is 0.0115. The van der Waals surface area contributed by atoms with Crippen LogP contribution in [0.2, 0.25) is 0 Å². The van der Waals surface area contributed by atoms with Gasteiger partial charge >= 0.3 is 0 Å². The summed E-state index contributed by atoms with van der Waals surface area (Å²) in [7, 11) is 1.57. The topological polar surface area (TPSA) is 49.7 Å². The molecule has 2 atom stereocenters. The SMILES string of the molecule is COCC(O)CN1CCC(Nc2cccc3c2cc(-c2ccccc2)n3C(F)C(F)F)CC1. The lowest BCUT2D eigenvalue weighted by Crippen LogP contribution is -2.43. The van der Waals surface area contributed by atoms with E-state index in [-0.39, 0.29) is 6.04 Å². The number of piperidine rings is 1. The van der Waals surface area contributed by atoms with Crippen LogP contribution in [0.3, 0.4) is 0 Å². The van der Waals surface area contributed by atoms with Gasteiger partial charge in [-0.25, -0.2) is 13.2 Å². The van der Waals surface area contributed by atoms with E-state index < -0.39 is 18.8 Å². The lowest BCUT2D eigenvalue weighted by Gasteiger charge is -2.34. The van der Waals surface area contributed by atoms with Crippen molar-refractivity contribution in [2.24, 2.45) is 0 Å². The number of aromatic nitrogens is 1. The van der Waals surface area contributed by atoms with E-state index in [1.807, 2.05) is 24.3 Å². The first-order valence-electron chi connectivity index (χ1n) is 11.3. The van der Waals surface area contributed by atoms with E-state index in [1.54, 1.807) is 37.4 Å². The van der Waals surface area contributed by atoms with Gasteiger partial charge < -0.3 is 24.6 Å². The Bertz CT molecular complexity index is 1040. The number of nitrogens with one attached hydrogen (secondary N) is 1. The standard InChI is InChI=1S/C25H30F3N3O2/c1-33-16-19(32)15-30-12-10-18(11-13-30)29-21-8-5-9-22-20(21)14-23(17-6-3-2-4-7-17)31(22)25(28)24(26)27/h2-9,14,18-19,24-25,29,32H,10-13,15-16H2,1H3. The molecule has 2 aromatic carbocycles. The van der Waals surface area contributed by atoms with Crippen LogP contribution in [0, 0.1) is 0 Å². The van der Waals surface area contributed by atoms with E-state index in [4.69, 9.17) is 4.74 Å². The van der Waals surface area contributed by atoms with Crippen LogP contribution in [0.4, 0.5) is 18.9 Å². The van der Waals surface area contributed by atoms with Crippen LogP contribution in [0.1, 0.15) is 19.1 Å². The third-order valence-corrected chi connectivity index (χ3v) is 6.18. The van der Waals surface area contributed by atoms with Gasteiger partial charge in [0.25, 0.3) is 6.43 Å². The van der Waals surface area contributed by atoms with Crippen LogP contribution in [-0.2, 0) is 4.74 Å². The number of benzene rings is 2. The van der Waals surface area contributed by atoms with Gasteiger partial charge in [0, 0.05) is 43.9 Å². The maximum Gasteiger partial charge on any atom is 0.288 e. The van der Waals surface area contributed by atoms with E-state index in [0.29, 0.717) is 29.9 Å². The Kier molecular flexibility index (Phi) is 7.57. The van der Waals surface area contributed by atoms with E-state index >= 15 is 0 Å². The predicted octanol–water partition coefficient (Wildman–Crippen LogP) is 4.93. The molecular formula is C25H30F3N3O2. The van der Waals surface area contributed by atoms with Crippen LogP contribution in [0.15, 0.2) is 54.6 Å². The van der Waals surface area contributed by atoms with Crippen molar-refractivity contribution in [3.63, 3.8) is 0 Å². The Morgan fingerprint density at radius 3 is 2.45 bits per heavy atom. The molecule has 5 nitrogen and oxygen atoms in total. The molecule has 2 unspecified atom stereocenters. The van der Waals surface area contributed by atoms with Gasteiger partial charge in [0.15, 0.2) is 0 Å². The molecular weight excluding hydrogens is 431 g/mol. The minimum atomic E-state index is -3.13. The van der Waals surface area contributed by atoms with Gasteiger partial charge in [-0.1, -0.05) is 36.4 Å². The average molecular weight is 462 g/mol. The molecule has 1 saturated heterocycles. The average Bonchev–Trinajstić information content (AvgIpc) is 3.21. The van der Waals surface area contributed by atoms with Gasteiger partial charge in [-0.05, 0) is 36.6 Å². The number of aliphatic hydroxyl groups is 1. The molecule has 1 aromatic heterocycles. The number of anilines is 1. The van der Waals surface area contributed by atoms with E-state index in [2.05, 4.69) is 10.2 Å². The molecule has 0 bridgehead atoms. The van der Waals surface area contributed by atoms with Crippen molar-refractivity contribution < 1.29 is 23.0 Å². The maximum absolute atomic E-state index is 14.7. The van der Waals surface area contributed by atoms with Gasteiger partial charge in [-0.15, -0.1) is 0 Å². The summed E-state index contributed by atoms with van der Waals surface area (Å²) in [4.78, 5) is 2.21. The number of hydrogen-bond donors (Lipinski definition) is 2. The number of ether oxygens (including phenoxy) is 1. The van der Waals surface area contributed by atoms with Crippen molar-refractivity contribution in [3.05, 3.63) is 54.6 Å². The molecule has 2 N–H and O–H groups in total. The summed E-state index contributed by atoms with van der Waals surface area (Å²) < 4.78 is 47.7. The van der Waals surface area contributed by atoms with Crippen molar-refractivity contribution in [2.75, 3.05) is 38.7 Å². The van der Waals surface area contributed by atoms with Gasteiger partial charge in [0.2, 0.25) is 6.30 Å². The first-order chi connectivity index (χ1) is 16.0. The zero-order valence-electron chi connectivity index (χ0n) is 18.6. The Labute approximate surface area is 191 Å². The molecule has 0 spiro atoms. The van der Waals surface area contributed by atoms with Crippen molar-refractivity contribution in [2.45, 2.75) is 37.7 Å². The summed E-state index contributed by atoms with van der Waals surface area (Å²) in [5.41, 5.74) is 2.36. The Morgan fingerprint density at radius 1 is 1.06 bits per heavy atom. The number of likely N-dealkylation sites (tertiary alicyclic amines) is 1. The number of β-amino-alcohol motifs (C(OH)–C–C–N with tert-alkyl or cyclic N) is 1. The number of aliphatic hydroxyl groups excluding tert-OH is 1. The molecule has 1 fully saturated rings. The van der Waals surface area contributed by atoms with Crippen LogP contribution in [0.5, 0.6) is 0 Å². The highest BCUT2D eigenvalue weighted by molar-refractivity contribution is 5.96. The third-order valence-electron chi connectivity index (χ3n) is 6.18. The molecule has 33 heavy (non-hydrogen) atoms. The summed E-state index contributed by atoms with van der Waals surface area (Å²) in [6, 6.07) is 16.4. The summed E-state index contributed by atoms with van der Waals surface area (Å²) >= 11 is 0. The highest BCUT2D eigenvalue weighted by Crippen LogP contribution is 2.37. The molecule has 4 rings (SSSR count). The van der Waals surface area contributed by atoms with E-state index in [9.17, 15) is 18.3 Å². The smallest absolute Gasteiger partial charge is 0.288 e. The molecule has 1 aliphatic rings. The summed E-state index contributed by atoms with van der Waals surface area (Å²) in [5, 5.41) is 14.2. The molecule has 0 aliphatic carbocycles. The molecule has 2 heterocycles. The zero-order valence-corrected chi connectivity index (χ0v) is 18.6. The highest BCUT2D eigenvalue weighted by atomic mass is 19.3. The summed E-state index contributed by atoms with van der Waals surface area (Å²) in [6.45, 7) is 2.56.